The zero-order chi connectivity index (χ0) is 11.0. The Bertz CT molecular complexity index is 260. The van der Waals surface area contributed by atoms with Gasteiger partial charge < -0.3 is 4.90 Å². The van der Waals surface area contributed by atoms with E-state index >= 15 is 0 Å². The maximum absolute atomic E-state index is 12.3. The van der Waals surface area contributed by atoms with Crippen molar-refractivity contribution in [1.29, 1.82) is 0 Å². The zero-order valence-corrected chi connectivity index (χ0v) is 8.83. The molecule has 0 aromatic carbocycles. The minimum atomic E-state index is -2.85. The fourth-order valence-corrected chi connectivity index (χ4v) is 2.65. The van der Waals surface area contributed by atoms with Gasteiger partial charge in [-0.05, 0) is 26.3 Å². The largest absolute Gasteiger partial charge is 0.336 e. The predicted octanol–water partition coefficient (Wildman–Crippen LogP) is 0.947. The van der Waals surface area contributed by atoms with Gasteiger partial charge in [0.05, 0.1) is 0 Å². The molecular formula is C10H16F2N2O. The van der Waals surface area contributed by atoms with Crippen LogP contribution in [0.4, 0.5) is 8.78 Å². The van der Waals surface area contributed by atoms with Crippen LogP contribution in [0.3, 0.4) is 0 Å². The number of likely N-dealkylation sites (N-methyl/N-ethyl adjacent to an activating group) is 1. The van der Waals surface area contributed by atoms with Crippen LogP contribution < -0.4 is 0 Å². The molecule has 0 aromatic heterocycles. The van der Waals surface area contributed by atoms with E-state index in [4.69, 9.17) is 0 Å². The predicted molar refractivity (Wildman–Crippen MR) is 51.8 cm³/mol. The van der Waals surface area contributed by atoms with Gasteiger partial charge >= 0.3 is 6.43 Å². The van der Waals surface area contributed by atoms with Crippen molar-refractivity contribution in [2.45, 2.75) is 37.8 Å². The van der Waals surface area contributed by atoms with Crippen molar-refractivity contribution < 1.29 is 13.6 Å². The Morgan fingerprint density at radius 3 is 2.60 bits per heavy atom. The lowest BCUT2D eigenvalue weighted by Crippen LogP contribution is -2.42. The highest BCUT2D eigenvalue weighted by Gasteiger charge is 2.37. The van der Waals surface area contributed by atoms with Gasteiger partial charge in [0.1, 0.15) is 0 Å². The Morgan fingerprint density at radius 2 is 1.93 bits per heavy atom. The third-order valence-electron chi connectivity index (χ3n) is 3.65. The molecule has 2 saturated heterocycles. The number of alkyl halides is 2. The summed E-state index contributed by atoms with van der Waals surface area (Å²) in [5.41, 5.74) is 0. The number of halogens is 2. The highest BCUT2D eigenvalue weighted by atomic mass is 19.3. The molecule has 2 rings (SSSR count). The smallest absolute Gasteiger partial charge is 0.315 e. The highest BCUT2D eigenvalue weighted by Crippen LogP contribution is 2.28. The van der Waals surface area contributed by atoms with E-state index in [-0.39, 0.29) is 6.04 Å². The van der Waals surface area contributed by atoms with E-state index in [9.17, 15) is 13.6 Å². The highest BCUT2D eigenvalue weighted by molar-refractivity contribution is 5.79. The maximum Gasteiger partial charge on any atom is 0.315 e. The summed E-state index contributed by atoms with van der Waals surface area (Å²) in [6.07, 6.45) is 0.129. The number of carbonyl (C=O) groups is 1. The second-order valence-electron chi connectivity index (χ2n) is 4.42. The Labute approximate surface area is 88.0 Å². The van der Waals surface area contributed by atoms with E-state index in [0.717, 1.165) is 19.3 Å². The lowest BCUT2D eigenvalue weighted by molar-refractivity contribution is -0.143. The zero-order valence-electron chi connectivity index (χ0n) is 8.83. The first-order chi connectivity index (χ1) is 7.09. The summed E-state index contributed by atoms with van der Waals surface area (Å²) in [6, 6.07) is 0.755. The van der Waals surface area contributed by atoms with Gasteiger partial charge in [-0.25, -0.2) is 0 Å². The Morgan fingerprint density at radius 1 is 1.27 bits per heavy atom. The van der Waals surface area contributed by atoms with E-state index in [1.165, 1.54) is 4.90 Å². The molecule has 1 amide bonds. The van der Waals surface area contributed by atoms with Gasteiger partial charge in [0.15, 0.2) is 0 Å². The lowest BCUT2D eigenvalue weighted by atomic mass is 10.1. The molecule has 86 valence electrons. The molecular weight excluding hydrogens is 202 g/mol. The van der Waals surface area contributed by atoms with E-state index in [2.05, 4.69) is 4.90 Å². The molecule has 2 aliphatic rings. The van der Waals surface area contributed by atoms with Gasteiger partial charge in [0.2, 0.25) is 0 Å². The first-order valence-corrected chi connectivity index (χ1v) is 5.38. The van der Waals surface area contributed by atoms with Gasteiger partial charge in [0, 0.05) is 25.2 Å². The van der Waals surface area contributed by atoms with Crippen LogP contribution in [0.1, 0.15) is 19.3 Å². The average Bonchev–Trinajstić information content (AvgIpc) is 2.40. The number of amides is 1. The molecule has 2 atom stereocenters. The molecule has 15 heavy (non-hydrogen) atoms. The third-order valence-corrected chi connectivity index (χ3v) is 3.65. The molecule has 3 nitrogen and oxygen atoms in total. The summed E-state index contributed by atoms with van der Waals surface area (Å²) in [5, 5.41) is 0. The molecule has 2 unspecified atom stereocenters. The number of carbonyl (C=O) groups excluding carboxylic acids is 1. The van der Waals surface area contributed by atoms with E-state index < -0.39 is 12.3 Å². The van der Waals surface area contributed by atoms with Crippen molar-refractivity contribution in [3.63, 3.8) is 0 Å². The van der Waals surface area contributed by atoms with Crippen molar-refractivity contribution >= 4 is 5.91 Å². The number of hydrogen-bond donors (Lipinski definition) is 0. The number of rotatable bonds is 1. The van der Waals surface area contributed by atoms with Gasteiger partial charge in [-0.15, -0.1) is 0 Å². The summed E-state index contributed by atoms with van der Waals surface area (Å²) in [7, 11) is 2.03. The second-order valence-corrected chi connectivity index (χ2v) is 4.42. The van der Waals surface area contributed by atoms with Crippen LogP contribution in [0, 0.1) is 0 Å². The molecule has 0 radical (unpaired) electrons. The van der Waals surface area contributed by atoms with Crippen LogP contribution in [-0.4, -0.2) is 54.4 Å². The molecule has 0 N–H and O–H groups in total. The number of hydrogen-bond acceptors (Lipinski definition) is 2. The number of fused-ring (bicyclic) bond motifs is 2. The summed E-state index contributed by atoms with van der Waals surface area (Å²) in [5.74, 6) is -1.00. The Hall–Kier alpha value is -0.710. The van der Waals surface area contributed by atoms with Crippen molar-refractivity contribution in [3.05, 3.63) is 0 Å². The van der Waals surface area contributed by atoms with Crippen molar-refractivity contribution in [2.75, 3.05) is 20.1 Å². The first kappa shape index (κ1) is 10.8. The maximum atomic E-state index is 12.3. The van der Waals surface area contributed by atoms with Gasteiger partial charge in [-0.3, -0.25) is 9.69 Å². The molecule has 0 spiro atoms. The molecule has 2 heterocycles. The summed E-state index contributed by atoms with van der Waals surface area (Å²) in [4.78, 5) is 14.8. The first-order valence-electron chi connectivity index (χ1n) is 5.38. The quantitative estimate of drug-likeness (QED) is 0.654. The molecule has 0 saturated carbocycles. The van der Waals surface area contributed by atoms with Gasteiger partial charge in [-0.1, -0.05) is 0 Å². The van der Waals surface area contributed by atoms with Gasteiger partial charge in [0.25, 0.3) is 5.91 Å². The second kappa shape index (κ2) is 4.04. The molecule has 5 heteroatoms. The molecule has 0 aliphatic carbocycles. The van der Waals surface area contributed by atoms with Crippen LogP contribution in [0.2, 0.25) is 0 Å². The van der Waals surface area contributed by atoms with Crippen LogP contribution in [0.15, 0.2) is 0 Å². The Kier molecular flexibility index (Phi) is 2.91. The van der Waals surface area contributed by atoms with Gasteiger partial charge in [-0.2, -0.15) is 8.78 Å². The van der Waals surface area contributed by atoms with Crippen LogP contribution in [-0.2, 0) is 4.79 Å². The standard InChI is InChI=1S/C10H16F2N2O/c1-13-7-2-3-8(13)6-14(5-4-7)10(15)9(11)12/h7-9H,2-6H2,1H3. The SMILES string of the molecule is CN1C2CCC1CN(C(=O)C(F)F)CC2. The molecule has 2 fully saturated rings. The minimum absolute atomic E-state index is 0.278. The fourth-order valence-electron chi connectivity index (χ4n) is 2.65. The van der Waals surface area contributed by atoms with Crippen molar-refractivity contribution in [2.24, 2.45) is 0 Å². The van der Waals surface area contributed by atoms with Crippen LogP contribution in [0.5, 0.6) is 0 Å². The van der Waals surface area contributed by atoms with Crippen LogP contribution in [0.25, 0.3) is 0 Å². The van der Waals surface area contributed by atoms with Crippen LogP contribution >= 0.6 is 0 Å². The topological polar surface area (TPSA) is 23.6 Å². The van der Waals surface area contributed by atoms with Crippen molar-refractivity contribution in [1.82, 2.24) is 9.80 Å². The third kappa shape index (κ3) is 1.97. The molecule has 2 aliphatic heterocycles. The van der Waals surface area contributed by atoms with Crippen molar-refractivity contribution in [3.8, 4) is 0 Å². The van der Waals surface area contributed by atoms with E-state index in [1.54, 1.807) is 0 Å². The van der Waals surface area contributed by atoms with E-state index in [0.29, 0.717) is 19.1 Å². The number of likely N-dealkylation sites (tertiary alicyclic amines) is 1. The minimum Gasteiger partial charge on any atom is -0.336 e. The summed E-state index contributed by atoms with van der Waals surface area (Å²) >= 11 is 0. The monoisotopic (exact) mass is 218 g/mol. The Balaban J connectivity index is 2.03. The van der Waals surface area contributed by atoms with E-state index in [1.807, 2.05) is 7.05 Å². The number of nitrogens with zero attached hydrogens (tertiary/aromatic N) is 2. The fraction of sp³-hybridized carbons (Fsp3) is 0.900. The lowest BCUT2D eigenvalue weighted by Gasteiger charge is -2.25. The summed E-state index contributed by atoms with van der Waals surface area (Å²) in [6.45, 7) is 0.949. The normalized spacial score (nSPS) is 32.1. The molecule has 2 bridgehead atoms. The molecule has 0 aromatic rings. The summed E-state index contributed by atoms with van der Waals surface area (Å²) < 4.78 is 24.6. The average molecular weight is 218 g/mol.